The molecule has 0 atom stereocenters. The van der Waals surface area contributed by atoms with E-state index in [1.807, 2.05) is 6.07 Å². The van der Waals surface area contributed by atoms with Crippen molar-refractivity contribution in [2.24, 2.45) is 5.92 Å². The third kappa shape index (κ3) is 2.57. The summed E-state index contributed by atoms with van der Waals surface area (Å²) in [5.41, 5.74) is 0.390. The van der Waals surface area contributed by atoms with Gasteiger partial charge in [-0.25, -0.2) is 4.39 Å². The summed E-state index contributed by atoms with van der Waals surface area (Å²) >= 11 is 0. The number of nitrogens with one attached hydrogen (secondary N) is 1. The Labute approximate surface area is 118 Å². The first kappa shape index (κ1) is 13.6. The topological polar surface area (TPSA) is 38.3 Å². The second-order valence-electron chi connectivity index (χ2n) is 5.82. The summed E-state index contributed by atoms with van der Waals surface area (Å²) in [4.78, 5) is 12.3. The molecule has 1 aromatic rings. The third-order valence-electron chi connectivity index (χ3n) is 4.56. The van der Waals surface area contributed by atoms with Crippen molar-refractivity contribution in [2.75, 3.05) is 13.2 Å². The van der Waals surface area contributed by atoms with Gasteiger partial charge in [-0.2, -0.15) is 0 Å². The van der Waals surface area contributed by atoms with Crippen LogP contribution >= 0.6 is 0 Å². The van der Waals surface area contributed by atoms with Gasteiger partial charge in [-0.1, -0.05) is 18.6 Å². The Hall–Kier alpha value is -1.42. The first-order valence-electron chi connectivity index (χ1n) is 7.35. The number of rotatable bonds is 3. The van der Waals surface area contributed by atoms with Crippen LogP contribution in [-0.4, -0.2) is 19.1 Å². The smallest absolute Gasteiger partial charge is 0.223 e. The molecule has 1 aliphatic heterocycles. The number of carbonyl (C=O) groups is 1. The van der Waals surface area contributed by atoms with Crippen molar-refractivity contribution in [3.8, 4) is 0 Å². The lowest BCUT2D eigenvalue weighted by molar-refractivity contribution is -0.131. The van der Waals surface area contributed by atoms with Gasteiger partial charge < -0.3 is 10.1 Å². The number of amides is 1. The average molecular weight is 277 g/mol. The van der Waals surface area contributed by atoms with Crippen molar-refractivity contribution in [1.82, 2.24) is 5.32 Å². The van der Waals surface area contributed by atoms with Crippen molar-refractivity contribution in [3.63, 3.8) is 0 Å². The Bertz CT molecular complexity index is 493. The minimum Gasteiger partial charge on any atom is -0.381 e. The summed E-state index contributed by atoms with van der Waals surface area (Å²) in [6.07, 6.45) is 4.49. The lowest BCUT2D eigenvalue weighted by Gasteiger charge is -2.40. The van der Waals surface area contributed by atoms with Crippen LogP contribution in [0.1, 0.15) is 37.7 Å². The average Bonchev–Trinajstić information content (AvgIpc) is 2.37. The molecule has 3 rings (SSSR count). The van der Waals surface area contributed by atoms with Gasteiger partial charge in [0.15, 0.2) is 0 Å². The maximum Gasteiger partial charge on any atom is 0.223 e. The SMILES string of the molecule is O=C(NC1(c2cccc(F)c2)CCOCC1)C1CCC1. The molecule has 1 aromatic carbocycles. The highest BCUT2D eigenvalue weighted by Gasteiger charge is 2.38. The van der Waals surface area contributed by atoms with Gasteiger partial charge in [0.05, 0.1) is 5.54 Å². The molecule has 0 unspecified atom stereocenters. The Kier molecular flexibility index (Phi) is 3.74. The fourth-order valence-corrected chi connectivity index (χ4v) is 3.00. The number of carbonyl (C=O) groups excluding carboxylic acids is 1. The second kappa shape index (κ2) is 5.52. The van der Waals surface area contributed by atoms with Crippen LogP contribution in [0.25, 0.3) is 0 Å². The maximum absolute atomic E-state index is 13.5. The van der Waals surface area contributed by atoms with Crippen molar-refractivity contribution >= 4 is 5.91 Å². The first-order valence-corrected chi connectivity index (χ1v) is 7.35. The molecule has 0 radical (unpaired) electrons. The standard InChI is InChI=1S/C16H20FNO2/c17-14-6-2-5-13(11-14)16(7-9-20-10-8-16)18-15(19)12-3-1-4-12/h2,5-6,11-12H,1,3-4,7-10H2,(H,18,19). The van der Waals surface area contributed by atoms with Crippen LogP contribution in [0.5, 0.6) is 0 Å². The van der Waals surface area contributed by atoms with E-state index >= 15 is 0 Å². The summed E-state index contributed by atoms with van der Waals surface area (Å²) in [7, 11) is 0. The molecule has 2 fully saturated rings. The number of hydrogen-bond donors (Lipinski definition) is 1. The van der Waals surface area contributed by atoms with E-state index in [9.17, 15) is 9.18 Å². The van der Waals surface area contributed by atoms with Crippen LogP contribution in [0.3, 0.4) is 0 Å². The van der Waals surface area contributed by atoms with Crippen molar-refractivity contribution in [1.29, 1.82) is 0 Å². The largest absolute Gasteiger partial charge is 0.381 e. The van der Waals surface area contributed by atoms with Gasteiger partial charge in [0.25, 0.3) is 0 Å². The number of ether oxygens (including phenoxy) is 1. The van der Waals surface area contributed by atoms with E-state index in [1.165, 1.54) is 12.1 Å². The van der Waals surface area contributed by atoms with E-state index in [2.05, 4.69) is 5.32 Å². The molecule has 0 spiro atoms. The first-order chi connectivity index (χ1) is 9.70. The molecule has 20 heavy (non-hydrogen) atoms. The van der Waals surface area contributed by atoms with E-state index in [4.69, 9.17) is 4.74 Å². The highest BCUT2D eigenvalue weighted by molar-refractivity contribution is 5.80. The minimum atomic E-state index is -0.465. The molecule has 1 amide bonds. The monoisotopic (exact) mass is 277 g/mol. The quantitative estimate of drug-likeness (QED) is 0.922. The van der Waals surface area contributed by atoms with Gasteiger partial charge in [-0.15, -0.1) is 0 Å². The predicted octanol–water partition coefficient (Wildman–Crippen LogP) is 2.75. The molecule has 1 aliphatic carbocycles. The number of hydrogen-bond acceptors (Lipinski definition) is 2. The molecule has 108 valence electrons. The van der Waals surface area contributed by atoms with Crippen LogP contribution < -0.4 is 5.32 Å². The molecule has 4 heteroatoms. The zero-order chi connectivity index (χ0) is 14.0. The molecular formula is C16H20FNO2. The predicted molar refractivity (Wildman–Crippen MR) is 73.6 cm³/mol. The third-order valence-corrected chi connectivity index (χ3v) is 4.56. The summed E-state index contributed by atoms with van der Waals surface area (Å²) in [6, 6.07) is 6.57. The fourth-order valence-electron chi connectivity index (χ4n) is 3.00. The molecule has 1 saturated carbocycles. The van der Waals surface area contributed by atoms with Gasteiger partial charge in [0, 0.05) is 19.1 Å². The Morgan fingerprint density at radius 2 is 2.05 bits per heavy atom. The van der Waals surface area contributed by atoms with Crippen LogP contribution in [0.4, 0.5) is 4.39 Å². The maximum atomic E-state index is 13.5. The van der Waals surface area contributed by atoms with Gasteiger partial charge in [-0.3, -0.25) is 4.79 Å². The molecule has 1 heterocycles. The Morgan fingerprint density at radius 1 is 1.30 bits per heavy atom. The van der Waals surface area contributed by atoms with Crippen molar-refractivity contribution < 1.29 is 13.9 Å². The van der Waals surface area contributed by atoms with Crippen LogP contribution in [0, 0.1) is 11.7 Å². The highest BCUT2D eigenvalue weighted by Crippen LogP contribution is 2.35. The normalized spacial score (nSPS) is 22.1. The number of benzene rings is 1. The molecule has 0 aromatic heterocycles. The van der Waals surface area contributed by atoms with E-state index in [-0.39, 0.29) is 17.6 Å². The molecule has 1 saturated heterocycles. The molecule has 3 nitrogen and oxygen atoms in total. The lowest BCUT2D eigenvalue weighted by atomic mass is 9.79. The van der Waals surface area contributed by atoms with Crippen LogP contribution in [0.15, 0.2) is 24.3 Å². The summed E-state index contributed by atoms with van der Waals surface area (Å²) in [5.74, 6) is -0.00282. The van der Waals surface area contributed by atoms with Gasteiger partial charge in [-0.05, 0) is 43.4 Å². The number of halogens is 1. The lowest BCUT2D eigenvalue weighted by Crippen LogP contribution is -2.52. The van der Waals surface area contributed by atoms with Gasteiger partial charge >= 0.3 is 0 Å². The van der Waals surface area contributed by atoms with Crippen LogP contribution in [-0.2, 0) is 15.1 Å². The van der Waals surface area contributed by atoms with Crippen LogP contribution in [0.2, 0.25) is 0 Å². The van der Waals surface area contributed by atoms with Gasteiger partial charge in [0.1, 0.15) is 5.82 Å². The van der Waals surface area contributed by atoms with Crippen molar-refractivity contribution in [2.45, 2.75) is 37.6 Å². The van der Waals surface area contributed by atoms with E-state index in [1.54, 1.807) is 6.07 Å². The molecule has 0 bridgehead atoms. The summed E-state index contributed by atoms with van der Waals surface area (Å²) < 4.78 is 18.9. The Morgan fingerprint density at radius 3 is 2.65 bits per heavy atom. The second-order valence-corrected chi connectivity index (χ2v) is 5.82. The highest BCUT2D eigenvalue weighted by atomic mass is 19.1. The molecule has 2 aliphatic rings. The minimum absolute atomic E-state index is 0.113. The Balaban J connectivity index is 1.85. The summed E-state index contributed by atoms with van der Waals surface area (Å²) in [6.45, 7) is 1.20. The van der Waals surface area contributed by atoms with Gasteiger partial charge in [0.2, 0.25) is 5.91 Å². The van der Waals surface area contributed by atoms with E-state index < -0.39 is 5.54 Å². The van der Waals surface area contributed by atoms with E-state index in [0.29, 0.717) is 26.1 Å². The molecular weight excluding hydrogens is 257 g/mol. The van der Waals surface area contributed by atoms with E-state index in [0.717, 1.165) is 24.8 Å². The zero-order valence-electron chi connectivity index (χ0n) is 11.5. The zero-order valence-corrected chi connectivity index (χ0v) is 11.5. The fraction of sp³-hybridized carbons (Fsp3) is 0.562. The summed E-state index contributed by atoms with van der Waals surface area (Å²) in [5, 5.41) is 3.19. The van der Waals surface area contributed by atoms with Crippen molar-refractivity contribution in [3.05, 3.63) is 35.6 Å². The molecule has 1 N–H and O–H groups in total.